The number of furan rings is 1. The highest BCUT2D eigenvalue weighted by Crippen LogP contribution is 2.45. The van der Waals surface area contributed by atoms with Gasteiger partial charge in [-0.05, 0) is 42.8 Å². The third kappa shape index (κ3) is 3.58. The van der Waals surface area contributed by atoms with E-state index in [1.807, 2.05) is 49.4 Å². The van der Waals surface area contributed by atoms with Crippen LogP contribution in [0.3, 0.4) is 0 Å². The maximum absolute atomic E-state index is 14.0. The van der Waals surface area contributed by atoms with Gasteiger partial charge >= 0.3 is 0 Å². The van der Waals surface area contributed by atoms with Crippen LogP contribution in [0.4, 0.5) is 5.69 Å². The molecule has 1 atom stereocenters. The number of halogens is 1. The minimum absolute atomic E-state index is 0.0409. The van der Waals surface area contributed by atoms with Gasteiger partial charge in [0.1, 0.15) is 0 Å². The Morgan fingerprint density at radius 2 is 1.92 bits per heavy atom. The molecule has 2 aromatic heterocycles. The van der Waals surface area contributed by atoms with Crippen molar-refractivity contribution in [1.82, 2.24) is 4.98 Å². The number of carbonyl (C=O) groups excluding carboxylic acids is 2. The molecule has 3 heterocycles. The first-order valence-corrected chi connectivity index (χ1v) is 12.0. The molecule has 1 aliphatic rings. The number of aryl methyl sites for hydroxylation is 1. The second kappa shape index (κ2) is 8.57. The molecule has 0 aliphatic carbocycles. The number of amides is 1. The molecule has 7 nitrogen and oxygen atoms in total. The molecular weight excluding hydrogens is 492 g/mol. The molecule has 0 fully saturated rings. The Hall–Kier alpha value is -4.49. The Balaban J connectivity index is 1.55. The Morgan fingerprint density at radius 3 is 2.70 bits per heavy atom. The Kier molecular flexibility index (Phi) is 5.31. The van der Waals surface area contributed by atoms with Crippen molar-refractivity contribution in [2.75, 3.05) is 12.0 Å². The zero-order valence-corrected chi connectivity index (χ0v) is 20.7. The summed E-state index contributed by atoms with van der Waals surface area (Å²) in [6.45, 7) is 1.91. The molecule has 5 aromatic rings. The first-order chi connectivity index (χ1) is 17.9. The van der Waals surface area contributed by atoms with Gasteiger partial charge < -0.3 is 19.2 Å². The number of aliphatic hydroxyl groups is 1. The van der Waals surface area contributed by atoms with E-state index in [4.69, 9.17) is 20.8 Å². The van der Waals surface area contributed by atoms with Gasteiger partial charge in [0.2, 0.25) is 5.78 Å². The molecule has 0 spiro atoms. The number of anilines is 1. The summed E-state index contributed by atoms with van der Waals surface area (Å²) in [5.41, 5.74) is 3.29. The number of rotatable bonds is 5. The minimum atomic E-state index is -0.892. The lowest BCUT2D eigenvalue weighted by Gasteiger charge is -2.26. The van der Waals surface area contributed by atoms with Crippen molar-refractivity contribution in [3.8, 4) is 5.75 Å². The van der Waals surface area contributed by atoms with Gasteiger partial charge in [-0.25, -0.2) is 0 Å². The SMILES string of the molecule is COc1cc(Cl)cc2cc(C(=O)C3=C(O)C(=O)N(c4cccc(C)c4)C3c3c[nH]c4ccccc34)oc12. The van der Waals surface area contributed by atoms with E-state index in [0.717, 1.165) is 16.5 Å². The second-order valence-electron chi connectivity index (χ2n) is 8.93. The number of methoxy groups -OCH3 is 1. The van der Waals surface area contributed by atoms with Gasteiger partial charge in [0.15, 0.2) is 22.9 Å². The van der Waals surface area contributed by atoms with Crippen LogP contribution in [0.1, 0.15) is 27.7 Å². The lowest BCUT2D eigenvalue weighted by molar-refractivity contribution is -0.117. The summed E-state index contributed by atoms with van der Waals surface area (Å²) in [4.78, 5) is 32.1. The van der Waals surface area contributed by atoms with E-state index < -0.39 is 23.5 Å². The first kappa shape index (κ1) is 22.9. The van der Waals surface area contributed by atoms with Crippen LogP contribution < -0.4 is 9.64 Å². The molecule has 1 amide bonds. The van der Waals surface area contributed by atoms with Crippen molar-refractivity contribution >= 4 is 50.9 Å². The van der Waals surface area contributed by atoms with E-state index in [1.165, 1.54) is 12.0 Å². The second-order valence-corrected chi connectivity index (χ2v) is 9.37. The molecule has 2 N–H and O–H groups in total. The fourth-order valence-corrected chi connectivity index (χ4v) is 5.19. The Bertz CT molecular complexity index is 1760. The molecule has 0 bridgehead atoms. The van der Waals surface area contributed by atoms with E-state index in [2.05, 4.69) is 4.98 Å². The summed E-state index contributed by atoms with van der Waals surface area (Å²) in [5, 5.41) is 12.9. The zero-order valence-electron chi connectivity index (χ0n) is 19.9. The number of ether oxygens (including phenoxy) is 1. The van der Waals surface area contributed by atoms with Gasteiger partial charge in [-0.1, -0.05) is 41.9 Å². The van der Waals surface area contributed by atoms with Gasteiger partial charge in [0, 0.05) is 44.8 Å². The van der Waals surface area contributed by atoms with Crippen LogP contribution in [0.25, 0.3) is 21.9 Å². The normalized spacial score (nSPS) is 15.8. The van der Waals surface area contributed by atoms with Crippen LogP contribution in [0.5, 0.6) is 5.75 Å². The van der Waals surface area contributed by atoms with Crippen molar-refractivity contribution in [2.45, 2.75) is 13.0 Å². The number of fused-ring (bicyclic) bond motifs is 2. The van der Waals surface area contributed by atoms with Crippen LogP contribution >= 0.6 is 11.6 Å². The van der Waals surface area contributed by atoms with Crippen LogP contribution in [-0.4, -0.2) is 28.9 Å². The van der Waals surface area contributed by atoms with Gasteiger partial charge in [-0.2, -0.15) is 0 Å². The Morgan fingerprint density at radius 1 is 1.11 bits per heavy atom. The highest BCUT2D eigenvalue weighted by Gasteiger charge is 2.46. The smallest absolute Gasteiger partial charge is 0.294 e. The van der Waals surface area contributed by atoms with Crippen LogP contribution in [0.2, 0.25) is 5.02 Å². The van der Waals surface area contributed by atoms with Crippen molar-refractivity contribution in [2.24, 2.45) is 0 Å². The van der Waals surface area contributed by atoms with Gasteiger partial charge in [0.25, 0.3) is 5.91 Å². The molecule has 0 saturated heterocycles. The number of ketones is 1. The summed E-state index contributed by atoms with van der Waals surface area (Å²) in [6.07, 6.45) is 1.76. The number of Topliss-reactive ketones (excluding diaryl/α,β-unsaturated/α-hetero) is 1. The largest absolute Gasteiger partial charge is 0.503 e. The third-order valence-electron chi connectivity index (χ3n) is 6.64. The van der Waals surface area contributed by atoms with Crippen molar-refractivity contribution in [3.05, 3.63) is 106 Å². The average Bonchev–Trinajstić information content (AvgIpc) is 3.57. The molecule has 0 radical (unpaired) electrons. The summed E-state index contributed by atoms with van der Waals surface area (Å²) >= 11 is 6.20. The number of carbonyl (C=O) groups is 2. The predicted octanol–water partition coefficient (Wildman–Crippen LogP) is 6.67. The van der Waals surface area contributed by atoms with E-state index in [1.54, 1.807) is 30.5 Å². The van der Waals surface area contributed by atoms with Gasteiger partial charge in [-0.3, -0.25) is 14.5 Å². The quantitative estimate of drug-likeness (QED) is 0.256. The third-order valence-corrected chi connectivity index (χ3v) is 6.86. The average molecular weight is 513 g/mol. The number of nitrogens with zero attached hydrogens (tertiary/aromatic N) is 1. The van der Waals surface area contributed by atoms with Crippen molar-refractivity contribution < 1.29 is 23.8 Å². The van der Waals surface area contributed by atoms with Crippen LogP contribution in [-0.2, 0) is 4.79 Å². The molecule has 3 aromatic carbocycles. The van der Waals surface area contributed by atoms with Crippen molar-refractivity contribution in [1.29, 1.82) is 0 Å². The molecule has 1 aliphatic heterocycles. The lowest BCUT2D eigenvalue weighted by atomic mass is 9.94. The molecule has 8 heteroatoms. The van der Waals surface area contributed by atoms with Crippen LogP contribution in [0.15, 0.2) is 88.7 Å². The van der Waals surface area contributed by atoms with E-state index in [9.17, 15) is 14.7 Å². The van der Waals surface area contributed by atoms with Gasteiger partial charge in [-0.15, -0.1) is 0 Å². The topological polar surface area (TPSA) is 95.8 Å². The number of aliphatic hydroxyl groups excluding tert-OH is 1. The van der Waals surface area contributed by atoms with Crippen LogP contribution in [0, 0.1) is 6.92 Å². The molecule has 1 unspecified atom stereocenters. The summed E-state index contributed by atoms with van der Waals surface area (Å²) < 4.78 is 11.3. The first-order valence-electron chi connectivity index (χ1n) is 11.6. The Labute approximate surface area is 216 Å². The number of para-hydroxylation sites is 1. The maximum Gasteiger partial charge on any atom is 0.294 e. The highest BCUT2D eigenvalue weighted by atomic mass is 35.5. The lowest BCUT2D eigenvalue weighted by Crippen LogP contribution is -2.31. The zero-order chi connectivity index (χ0) is 25.8. The number of H-pyrrole nitrogens is 1. The minimum Gasteiger partial charge on any atom is -0.503 e. The summed E-state index contributed by atoms with van der Waals surface area (Å²) in [7, 11) is 1.48. The predicted molar refractivity (Wildman–Crippen MR) is 141 cm³/mol. The maximum atomic E-state index is 14.0. The molecule has 37 heavy (non-hydrogen) atoms. The number of aromatic amines is 1. The highest BCUT2D eigenvalue weighted by molar-refractivity contribution is 6.31. The monoisotopic (exact) mass is 512 g/mol. The molecular formula is C29H21ClN2O5. The van der Waals surface area contributed by atoms with E-state index in [-0.39, 0.29) is 11.3 Å². The number of benzene rings is 3. The molecule has 184 valence electrons. The van der Waals surface area contributed by atoms with Gasteiger partial charge in [0.05, 0.1) is 18.7 Å². The number of hydrogen-bond donors (Lipinski definition) is 2. The standard InChI is InChI=1S/C29H21ClN2O5/c1-15-6-5-7-18(10-15)32-25(20-14-31-21-9-4-3-8-19(20)21)24(27(34)29(32)35)26(33)22-12-16-11-17(30)13-23(36-2)28(16)37-22/h3-14,25,31,34H,1-2H3. The number of nitrogens with one attached hydrogen (secondary N) is 1. The fraction of sp³-hybridized carbons (Fsp3) is 0.103. The molecule has 0 saturated carbocycles. The molecule has 6 rings (SSSR count). The van der Waals surface area contributed by atoms with E-state index in [0.29, 0.717) is 33.0 Å². The van der Waals surface area contributed by atoms with E-state index >= 15 is 0 Å². The number of aromatic nitrogens is 1. The number of hydrogen-bond acceptors (Lipinski definition) is 5. The summed E-state index contributed by atoms with van der Waals surface area (Å²) in [5.74, 6) is -1.56. The van der Waals surface area contributed by atoms with Crippen molar-refractivity contribution in [3.63, 3.8) is 0 Å². The fourth-order valence-electron chi connectivity index (χ4n) is 4.98. The summed E-state index contributed by atoms with van der Waals surface area (Å²) in [6, 6.07) is 18.9.